The van der Waals surface area contributed by atoms with Crippen LogP contribution in [0.15, 0.2) is 29.2 Å². The molecule has 0 unspecified atom stereocenters. The summed E-state index contributed by atoms with van der Waals surface area (Å²) < 4.78 is 27.0. The molecule has 7 heteroatoms. The Kier molecular flexibility index (Phi) is 5.46. The molecule has 0 radical (unpaired) electrons. The van der Waals surface area contributed by atoms with Gasteiger partial charge in [0.2, 0.25) is 15.9 Å². The molecule has 0 aromatic heterocycles. The van der Waals surface area contributed by atoms with Crippen LogP contribution >= 0.6 is 0 Å². The third-order valence-electron chi connectivity index (χ3n) is 5.31. The van der Waals surface area contributed by atoms with E-state index in [4.69, 9.17) is 5.73 Å². The van der Waals surface area contributed by atoms with E-state index in [1.54, 1.807) is 12.1 Å². The Morgan fingerprint density at radius 3 is 2.12 bits per heavy atom. The number of sulfonamides is 1. The summed E-state index contributed by atoms with van der Waals surface area (Å²) in [6.07, 6.45) is 2.89. The van der Waals surface area contributed by atoms with E-state index in [9.17, 15) is 13.2 Å². The minimum absolute atomic E-state index is 0.0706. The SMILES string of the molecule is Cc1ccc(S(=O)(=O)N2CCC(C(=O)N3CCC(N)CC3)CC2)cc1. The number of hydrogen-bond acceptors (Lipinski definition) is 4. The maximum atomic E-state index is 12.7. The molecule has 1 amide bonds. The average molecular weight is 365 g/mol. The topological polar surface area (TPSA) is 83.7 Å². The van der Waals surface area contributed by atoms with Crippen molar-refractivity contribution in [2.45, 2.75) is 43.5 Å². The lowest BCUT2D eigenvalue weighted by atomic mass is 9.95. The second-order valence-electron chi connectivity index (χ2n) is 7.15. The molecule has 25 heavy (non-hydrogen) atoms. The molecule has 2 saturated heterocycles. The van der Waals surface area contributed by atoms with Crippen molar-refractivity contribution >= 4 is 15.9 Å². The van der Waals surface area contributed by atoms with Gasteiger partial charge in [0.05, 0.1) is 4.90 Å². The third kappa shape index (κ3) is 4.04. The molecule has 1 aromatic carbocycles. The standard InChI is InChI=1S/C18H27N3O3S/c1-14-2-4-17(5-3-14)25(23,24)21-12-6-15(7-13-21)18(22)20-10-8-16(19)9-11-20/h2-5,15-16H,6-13,19H2,1H3. The van der Waals surface area contributed by atoms with E-state index in [1.807, 2.05) is 24.0 Å². The predicted octanol–water partition coefficient (Wildman–Crippen LogP) is 1.35. The number of benzene rings is 1. The highest BCUT2D eigenvalue weighted by Gasteiger charge is 2.34. The Morgan fingerprint density at radius 1 is 1.00 bits per heavy atom. The first-order valence-electron chi connectivity index (χ1n) is 8.99. The van der Waals surface area contributed by atoms with Gasteiger partial charge < -0.3 is 10.6 Å². The molecule has 2 N–H and O–H groups in total. The lowest BCUT2D eigenvalue weighted by Crippen LogP contribution is -2.48. The van der Waals surface area contributed by atoms with Gasteiger partial charge in [-0.05, 0) is 44.7 Å². The van der Waals surface area contributed by atoms with Crippen LogP contribution in [-0.2, 0) is 14.8 Å². The Labute approximate surface area is 150 Å². The van der Waals surface area contributed by atoms with E-state index >= 15 is 0 Å². The maximum absolute atomic E-state index is 12.7. The molecule has 0 aliphatic carbocycles. The second-order valence-corrected chi connectivity index (χ2v) is 9.09. The van der Waals surface area contributed by atoms with E-state index in [0.29, 0.717) is 30.8 Å². The molecule has 2 fully saturated rings. The van der Waals surface area contributed by atoms with Crippen LogP contribution in [0.25, 0.3) is 0 Å². The average Bonchev–Trinajstić information content (AvgIpc) is 2.62. The largest absolute Gasteiger partial charge is 0.342 e. The zero-order chi connectivity index (χ0) is 18.0. The first-order valence-corrected chi connectivity index (χ1v) is 10.4. The minimum Gasteiger partial charge on any atom is -0.342 e. The number of amides is 1. The number of likely N-dealkylation sites (tertiary alicyclic amines) is 1. The van der Waals surface area contributed by atoms with Gasteiger partial charge in [-0.2, -0.15) is 4.31 Å². The minimum atomic E-state index is -3.47. The Bertz CT molecular complexity index is 702. The number of nitrogens with two attached hydrogens (primary N) is 1. The lowest BCUT2D eigenvalue weighted by molar-refractivity contribution is -0.137. The van der Waals surface area contributed by atoms with Crippen molar-refractivity contribution in [2.75, 3.05) is 26.2 Å². The smallest absolute Gasteiger partial charge is 0.243 e. The summed E-state index contributed by atoms with van der Waals surface area (Å²) in [7, 11) is -3.47. The van der Waals surface area contributed by atoms with E-state index in [1.165, 1.54) is 4.31 Å². The van der Waals surface area contributed by atoms with Crippen LogP contribution in [0.1, 0.15) is 31.2 Å². The van der Waals surface area contributed by atoms with Gasteiger partial charge in [0.25, 0.3) is 0 Å². The molecule has 0 spiro atoms. The van der Waals surface area contributed by atoms with Gasteiger partial charge in [0, 0.05) is 38.1 Å². The van der Waals surface area contributed by atoms with Gasteiger partial charge in [-0.3, -0.25) is 4.79 Å². The summed E-state index contributed by atoms with van der Waals surface area (Å²) >= 11 is 0. The number of piperidine rings is 2. The van der Waals surface area contributed by atoms with Crippen LogP contribution in [0.3, 0.4) is 0 Å². The van der Waals surface area contributed by atoms with Crippen molar-refractivity contribution in [3.63, 3.8) is 0 Å². The van der Waals surface area contributed by atoms with Crippen molar-refractivity contribution in [1.29, 1.82) is 0 Å². The molecule has 2 aliphatic rings. The normalized spacial score (nSPS) is 21.4. The van der Waals surface area contributed by atoms with Gasteiger partial charge in [-0.25, -0.2) is 8.42 Å². The van der Waals surface area contributed by atoms with Crippen molar-refractivity contribution in [2.24, 2.45) is 11.7 Å². The summed E-state index contributed by atoms with van der Waals surface area (Å²) in [6, 6.07) is 7.12. The fraction of sp³-hybridized carbons (Fsp3) is 0.611. The van der Waals surface area contributed by atoms with Gasteiger partial charge in [-0.15, -0.1) is 0 Å². The van der Waals surface area contributed by atoms with E-state index in [2.05, 4.69) is 0 Å². The summed E-state index contributed by atoms with van der Waals surface area (Å²) in [5, 5.41) is 0. The number of rotatable bonds is 3. The molecular weight excluding hydrogens is 338 g/mol. The Balaban J connectivity index is 1.59. The van der Waals surface area contributed by atoms with Crippen LogP contribution in [0, 0.1) is 12.8 Å². The molecule has 2 heterocycles. The first-order chi connectivity index (χ1) is 11.9. The quantitative estimate of drug-likeness (QED) is 0.876. The summed E-state index contributed by atoms with van der Waals surface area (Å²) in [4.78, 5) is 14.9. The lowest BCUT2D eigenvalue weighted by Gasteiger charge is -2.36. The number of hydrogen-bond donors (Lipinski definition) is 1. The van der Waals surface area contributed by atoms with Gasteiger partial charge in [0.1, 0.15) is 0 Å². The molecule has 1 aromatic rings. The molecule has 0 atom stereocenters. The molecule has 138 valence electrons. The van der Waals surface area contributed by atoms with Crippen LogP contribution < -0.4 is 5.73 Å². The molecule has 2 aliphatic heterocycles. The molecule has 3 rings (SSSR count). The van der Waals surface area contributed by atoms with Gasteiger partial charge in [0.15, 0.2) is 0 Å². The summed E-state index contributed by atoms with van der Waals surface area (Å²) in [5.41, 5.74) is 6.93. The zero-order valence-electron chi connectivity index (χ0n) is 14.7. The van der Waals surface area contributed by atoms with Gasteiger partial charge in [-0.1, -0.05) is 17.7 Å². The van der Waals surface area contributed by atoms with Crippen LogP contribution in [0.2, 0.25) is 0 Å². The van der Waals surface area contributed by atoms with Crippen LogP contribution in [0.5, 0.6) is 0 Å². The highest BCUT2D eigenvalue weighted by atomic mass is 32.2. The summed E-state index contributed by atoms with van der Waals surface area (Å²) in [5.74, 6) is 0.0954. The number of nitrogens with zero attached hydrogens (tertiary/aromatic N) is 2. The van der Waals surface area contributed by atoms with E-state index < -0.39 is 10.0 Å². The monoisotopic (exact) mass is 365 g/mol. The van der Waals surface area contributed by atoms with Crippen molar-refractivity contribution in [3.8, 4) is 0 Å². The third-order valence-corrected chi connectivity index (χ3v) is 7.23. The summed E-state index contributed by atoms with van der Waals surface area (Å²) in [6.45, 7) is 4.19. The number of aryl methyl sites for hydroxylation is 1. The van der Waals surface area contributed by atoms with E-state index in [0.717, 1.165) is 31.5 Å². The zero-order valence-corrected chi connectivity index (χ0v) is 15.5. The second kappa shape index (κ2) is 7.43. The fourth-order valence-corrected chi connectivity index (χ4v) is 5.05. The van der Waals surface area contributed by atoms with Crippen LogP contribution in [-0.4, -0.2) is 55.8 Å². The maximum Gasteiger partial charge on any atom is 0.243 e. The molecular formula is C18H27N3O3S. The van der Waals surface area contributed by atoms with Crippen molar-refractivity contribution < 1.29 is 13.2 Å². The number of carbonyl (C=O) groups is 1. The van der Waals surface area contributed by atoms with Crippen molar-refractivity contribution in [3.05, 3.63) is 29.8 Å². The van der Waals surface area contributed by atoms with Crippen molar-refractivity contribution in [1.82, 2.24) is 9.21 Å². The van der Waals surface area contributed by atoms with Crippen LogP contribution in [0.4, 0.5) is 0 Å². The molecule has 0 saturated carbocycles. The highest BCUT2D eigenvalue weighted by Crippen LogP contribution is 2.26. The Morgan fingerprint density at radius 2 is 1.56 bits per heavy atom. The highest BCUT2D eigenvalue weighted by molar-refractivity contribution is 7.89. The fourth-order valence-electron chi connectivity index (χ4n) is 3.58. The Hall–Kier alpha value is -1.44. The van der Waals surface area contributed by atoms with E-state index in [-0.39, 0.29) is 17.9 Å². The predicted molar refractivity (Wildman–Crippen MR) is 96.5 cm³/mol. The first kappa shape index (κ1) is 18.4. The molecule has 0 bridgehead atoms. The number of carbonyl (C=O) groups excluding carboxylic acids is 1. The van der Waals surface area contributed by atoms with Gasteiger partial charge >= 0.3 is 0 Å². The molecule has 6 nitrogen and oxygen atoms in total.